The Hall–Kier alpha value is -2.53. The second-order valence-electron chi connectivity index (χ2n) is 7.22. The summed E-state index contributed by atoms with van der Waals surface area (Å²) in [4.78, 5) is 0. The fraction of sp³-hybridized carbons (Fsp3) is 0.304. The molecule has 2 aromatic carbocycles. The maximum absolute atomic E-state index is 13.0. The van der Waals surface area contributed by atoms with E-state index in [9.17, 15) is 13.2 Å². The van der Waals surface area contributed by atoms with Crippen LogP contribution in [0.3, 0.4) is 0 Å². The Balaban J connectivity index is 1.53. The first kappa shape index (κ1) is 18.8. The Morgan fingerprint density at radius 2 is 1.86 bits per heavy atom. The number of halogens is 3. The average Bonchev–Trinajstić information content (AvgIpc) is 2.72. The SMILES string of the molecule is CCC1=Cc2ccccc2CN1N1CC=C(c2cccc(C(F)(F)F)c2)CC1. The van der Waals surface area contributed by atoms with Gasteiger partial charge in [0.05, 0.1) is 12.1 Å². The van der Waals surface area contributed by atoms with Crippen LogP contribution in [0.4, 0.5) is 13.2 Å². The number of rotatable bonds is 3. The second-order valence-corrected chi connectivity index (χ2v) is 7.22. The summed E-state index contributed by atoms with van der Waals surface area (Å²) in [6.45, 7) is 4.48. The average molecular weight is 384 g/mol. The lowest BCUT2D eigenvalue weighted by Crippen LogP contribution is -2.44. The number of alkyl halides is 3. The zero-order valence-corrected chi connectivity index (χ0v) is 15.8. The minimum absolute atomic E-state index is 0.586. The van der Waals surface area contributed by atoms with Crippen LogP contribution in [-0.2, 0) is 12.7 Å². The minimum Gasteiger partial charge on any atom is -0.305 e. The molecule has 2 aliphatic rings. The van der Waals surface area contributed by atoms with Crippen LogP contribution in [0.25, 0.3) is 11.6 Å². The number of hydrogen-bond acceptors (Lipinski definition) is 2. The van der Waals surface area contributed by atoms with Crippen molar-refractivity contribution >= 4 is 11.6 Å². The molecule has 0 saturated carbocycles. The van der Waals surface area contributed by atoms with E-state index in [4.69, 9.17) is 0 Å². The molecule has 0 aromatic heterocycles. The predicted octanol–water partition coefficient (Wildman–Crippen LogP) is 5.98. The smallest absolute Gasteiger partial charge is 0.305 e. The molecule has 28 heavy (non-hydrogen) atoms. The van der Waals surface area contributed by atoms with Gasteiger partial charge >= 0.3 is 6.18 Å². The van der Waals surface area contributed by atoms with Crippen LogP contribution in [0.1, 0.15) is 42.0 Å². The molecule has 0 radical (unpaired) electrons. The fourth-order valence-corrected chi connectivity index (χ4v) is 3.94. The molecule has 4 rings (SSSR count). The summed E-state index contributed by atoms with van der Waals surface area (Å²) in [6, 6.07) is 14.1. The van der Waals surface area contributed by atoms with Gasteiger partial charge in [-0.1, -0.05) is 49.4 Å². The Morgan fingerprint density at radius 3 is 2.57 bits per heavy atom. The number of fused-ring (bicyclic) bond motifs is 1. The third-order valence-electron chi connectivity index (χ3n) is 5.48. The lowest BCUT2D eigenvalue weighted by atomic mass is 9.97. The lowest BCUT2D eigenvalue weighted by Gasteiger charge is -2.42. The summed E-state index contributed by atoms with van der Waals surface area (Å²) in [6.07, 6.45) is 1.67. The number of hydrazine groups is 1. The van der Waals surface area contributed by atoms with Crippen molar-refractivity contribution in [1.29, 1.82) is 0 Å². The number of benzene rings is 2. The Kier molecular flexibility index (Phi) is 5.02. The zero-order chi connectivity index (χ0) is 19.7. The third-order valence-corrected chi connectivity index (χ3v) is 5.48. The zero-order valence-electron chi connectivity index (χ0n) is 15.8. The van der Waals surface area contributed by atoms with Gasteiger partial charge in [-0.05, 0) is 53.3 Å². The Morgan fingerprint density at radius 1 is 1.04 bits per heavy atom. The van der Waals surface area contributed by atoms with E-state index in [0.717, 1.165) is 37.6 Å². The molecular formula is C23H23F3N2. The number of allylic oxidation sites excluding steroid dienone is 1. The number of nitrogens with zero attached hydrogens (tertiary/aromatic N) is 2. The van der Waals surface area contributed by atoms with Gasteiger partial charge in [-0.25, -0.2) is 5.01 Å². The molecule has 2 nitrogen and oxygen atoms in total. The second kappa shape index (κ2) is 7.47. The molecule has 2 aliphatic heterocycles. The van der Waals surface area contributed by atoms with Crippen molar-refractivity contribution in [3.63, 3.8) is 0 Å². The van der Waals surface area contributed by atoms with Crippen molar-refractivity contribution in [2.45, 2.75) is 32.5 Å². The highest BCUT2D eigenvalue weighted by atomic mass is 19.4. The summed E-state index contributed by atoms with van der Waals surface area (Å²) in [5.41, 5.74) is 4.92. The summed E-state index contributed by atoms with van der Waals surface area (Å²) < 4.78 is 39.0. The van der Waals surface area contributed by atoms with E-state index >= 15 is 0 Å². The Bertz CT molecular complexity index is 927. The van der Waals surface area contributed by atoms with Crippen LogP contribution >= 0.6 is 0 Å². The first-order valence-corrected chi connectivity index (χ1v) is 9.63. The summed E-state index contributed by atoms with van der Waals surface area (Å²) in [5.74, 6) is 0. The van der Waals surface area contributed by atoms with Gasteiger partial charge in [-0.15, -0.1) is 0 Å². The molecule has 0 aliphatic carbocycles. The van der Waals surface area contributed by atoms with Gasteiger partial charge in [0.25, 0.3) is 0 Å². The Labute approximate surface area is 163 Å². The van der Waals surface area contributed by atoms with Gasteiger partial charge in [-0.2, -0.15) is 13.2 Å². The van der Waals surface area contributed by atoms with E-state index in [1.54, 1.807) is 6.07 Å². The molecule has 0 bridgehead atoms. The van der Waals surface area contributed by atoms with Gasteiger partial charge in [0.1, 0.15) is 0 Å². The highest BCUT2D eigenvalue weighted by molar-refractivity contribution is 5.67. The first-order valence-electron chi connectivity index (χ1n) is 9.63. The molecule has 0 saturated heterocycles. The van der Waals surface area contributed by atoms with Crippen LogP contribution in [0, 0.1) is 0 Å². The molecule has 146 valence electrons. The molecule has 2 heterocycles. The van der Waals surface area contributed by atoms with E-state index in [0.29, 0.717) is 12.1 Å². The molecule has 0 amide bonds. The van der Waals surface area contributed by atoms with Crippen LogP contribution in [0.2, 0.25) is 0 Å². The quantitative estimate of drug-likeness (QED) is 0.643. The maximum Gasteiger partial charge on any atom is 0.416 e. The number of hydrogen-bond donors (Lipinski definition) is 0. The minimum atomic E-state index is -4.31. The van der Waals surface area contributed by atoms with Crippen LogP contribution in [0.15, 0.2) is 60.3 Å². The van der Waals surface area contributed by atoms with Crippen LogP contribution < -0.4 is 0 Å². The van der Waals surface area contributed by atoms with E-state index < -0.39 is 11.7 Å². The van der Waals surface area contributed by atoms with E-state index in [2.05, 4.69) is 53.4 Å². The van der Waals surface area contributed by atoms with Gasteiger partial charge in [-0.3, -0.25) is 0 Å². The molecule has 5 heteroatoms. The van der Waals surface area contributed by atoms with Gasteiger partial charge in [0.15, 0.2) is 0 Å². The predicted molar refractivity (Wildman–Crippen MR) is 106 cm³/mol. The molecule has 0 spiro atoms. The molecule has 2 aromatic rings. The highest BCUT2D eigenvalue weighted by Crippen LogP contribution is 2.34. The monoisotopic (exact) mass is 384 g/mol. The van der Waals surface area contributed by atoms with Gasteiger partial charge < -0.3 is 5.01 Å². The van der Waals surface area contributed by atoms with Crippen molar-refractivity contribution in [3.05, 3.63) is 82.6 Å². The van der Waals surface area contributed by atoms with Crippen molar-refractivity contribution in [2.75, 3.05) is 13.1 Å². The molecule has 0 atom stereocenters. The molecule has 0 unspecified atom stereocenters. The van der Waals surface area contributed by atoms with E-state index in [1.807, 2.05) is 0 Å². The van der Waals surface area contributed by atoms with E-state index in [1.165, 1.54) is 29.0 Å². The highest BCUT2D eigenvalue weighted by Gasteiger charge is 2.31. The first-order chi connectivity index (χ1) is 13.5. The summed E-state index contributed by atoms with van der Waals surface area (Å²) in [7, 11) is 0. The molecule has 0 fully saturated rings. The largest absolute Gasteiger partial charge is 0.416 e. The van der Waals surface area contributed by atoms with Crippen molar-refractivity contribution in [2.24, 2.45) is 0 Å². The van der Waals surface area contributed by atoms with Crippen LogP contribution in [0.5, 0.6) is 0 Å². The lowest BCUT2D eigenvalue weighted by molar-refractivity contribution is -0.137. The summed E-state index contributed by atoms with van der Waals surface area (Å²) >= 11 is 0. The van der Waals surface area contributed by atoms with Crippen molar-refractivity contribution < 1.29 is 13.2 Å². The third kappa shape index (κ3) is 3.72. The van der Waals surface area contributed by atoms with Crippen molar-refractivity contribution in [3.8, 4) is 0 Å². The maximum atomic E-state index is 13.0. The molecular weight excluding hydrogens is 361 g/mol. The standard InChI is InChI=1S/C23H23F3N2/c1-2-22-15-19-6-3-4-7-20(19)16-28(22)27-12-10-17(11-13-27)18-8-5-9-21(14-18)23(24,25)26/h3-10,14-15H,2,11-13,16H2,1H3. The van der Waals surface area contributed by atoms with Crippen LogP contribution in [-0.4, -0.2) is 23.1 Å². The van der Waals surface area contributed by atoms with E-state index in [-0.39, 0.29) is 0 Å². The molecule has 0 N–H and O–H groups in total. The van der Waals surface area contributed by atoms with Gasteiger partial charge in [0, 0.05) is 18.8 Å². The van der Waals surface area contributed by atoms with Gasteiger partial charge in [0.2, 0.25) is 0 Å². The summed E-state index contributed by atoms with van der Waals surface area (Å²) in [5, 5.41) is 4.62. The van der Waals surface area contributed by atoms with Crippen molar-refractivity contribution in [1.82, 2.24) is 10.0 Å². The normalized spacial score (nSPS) is 17.8. The topological polar surface area (TPSA) is 6.48 Å². The fourth-order valence-electron chi connectivity index (χ4n) is 3.94.